The number of likely N-dealkylation sites (N-methyl/N-ethyl adjacent to an activating group) is 1. The Labute approximate surface area is 265 Å². The summed E-state index contributed by atoms with van der Waals surface area (Å²) in [5, 5.41) is 2.89. The molecule has 44 heavy (non-hydrogen) atoms. The Morgan fingerprint density at radius 3 is 2.09 bits per heavy atom. The number of aryl methyl sites for hydroxylation is 2. The van der Waals surface area contributed by atoms with E-state index in [1.165, 1.54) is 16.7 Å². The molecule has 2 amide bonds. The monoisotopic (exact) mass is 629 g/mol. The minimum Gasteiger partial charge on any atom is -0.355 e. The van der Waals surface area contributed by atoms with E-state index < -0.39 is 28.5 Å². The number of carbonyl (C=O) groups is 2. The molecule has 1 unspecified atom stereocenters. The molecule has 0 aromatic heterocycles. The predicted octanol–water partition coefficient (Wildman–Crippen LogP) is 6.00. The van der Waals surface area contributed by atoms with Crippen molar-refractivity contribution in [3.05, 3.63) is 125 Å². The summed E-state index contributed by atoms with van der Waals surface area (Å²) >= 11 is 1.51. The lowest BCUT2D eigenvalue weighted by molar-refractivity contribution is -0.140. The predicted molar refractivity (Wildman–Crippen MR) is 178 cm³/mol. The lowest BCUT2D eigenvalue weighted by Crippen LogP contribution is -2.53. The van der Waals surface area contributed by atoms with Gasteiger partial charge in [0.15, 0.2) is 0 Å². The van der Waals surface area contributed by atoms with Crippen LogP contribution in [0.3, 0.4) is 0 Å². The summed E-state index contributed by atoms with van der Waals surface area (Å²) < 4.78 is 29.4. The lowest BCUT2D eigenvalue weighted by atomic mass is 10.0. The topological polar surface area (TPSA) is 86.8 Å². The second kappa shape index (κ2) is 15.1. The summed E-state index contributed by atoms with van der Waals surface area (Å²) in [7, 11) is -4.14. The molecule has 9 heteroatoms. The highest BCUT2D eigenvalue weighted by Gasteiger charge is 2.34. The summed E-state index contributed by atoms with van der Waals surface area (Å²) in [6, 6.07) is 30.1. The minimum atomic E-state index is -4.14. The number of amides is 2. The zero-order valence-corrected chi connectivity index (χ0v) is 27.2. The molecule has 0 aliphatic rings. The standard InChI is InChI=1S/C35H39N3O4S2/c1-5-36-35(40)33(23-28-11-7-6-8-12-28)37(24-29-13-9-10-27(3)22-29)34(39)25-38(30-16-14-26(2)15-17-30)44(41,42)32-20-18-31(43-4)19-21-32/h6-22,33H,5,23-25H2,1-4H3,(H,36,40). The molecule has 4 aromatic carbocycles. The van der Waals surface area contributed by atoms with E-state index in [4.69, 9.17) is 0 Å². The number of nitrogens with one attached hydrogen (secondary N) is 1. The number of hydrogen-bond donors (Lipinski definition) is 1. The van der Waals surface area contributed by atoms with Gasteiger partial charge in [-0.05, 0) is 74.6 Å². The molecule has 230 valence electrons. The van der Waals surface area contributed by atoms with E-state index in [1.807, 2.05) is 93.8 Å². The summed E-state index contributed by atoms with van der Waals surface area (Å²) in [5.41, 5.74) is 4.08. The summed E-state index contributed by atoms with van der Waals surface area (Å²) in [6.07, 6.45) is 2.20. The maximum absolute atomic E-state index is 14.4. The zero-order chi connectivity index (χ0) is 31.7. The van der Waals surface area contributed by atoms with E-state index in [0.29, 0.717) is 12.2 Å². The first kappa shape index (κ1) is 32.8. The average molecular weight is 630 g/mol. The number of hydrogen-bond acceptors (Lipinski definition) is 5. The number of sulfonamides is 1. The third kappa shape index (κ3) is 8.30. The van der Waals surface area contributed by atoms with Gasteiger partial charge in [0.1, 0.15) is 12.6 Å². The van der Waals surface area contributed by atoms with Crippen LogP contribution in [0.4, 0.5) is 5.69 Å². The SMILES string of the molecule is CCNC(=O)C(Cc1ccccc1)N(Cc1cccc(C)c1)C(=O)CN(c1ccc(C)cc1)S(=O)(=O)c1ccc(SC)cc1. The van der Waals surface area contributed by atoms with E-state index >= 15 is 0 Å². The maximum atomic E-state index is 14.4. The number of thioether (sulfide) groups is 1. The van der Waals surface area contributed by atoms with Crippen molar-refractivity contribution in [2.45, 2.75) is 49.6 Å². The highest BCUT2D eigenvalue weighted by atomic mass is 32.2. The minimum absolute atomic E-state index is 0.0819. The van der Waals surface area contributed by atoms with Crippen molar-refractivity contribution in [3.63, 3.8) is 0 Å². The molecule has 1 atom stereocenters. The molecule has 7 nitrogen and oxygen atoms in total. The van der Waals surface area contributed by atoms with Gasteiger partial charge < -0.3 is 10.2 Å². The van der Waals surface area contributed by atoms with Crippen molar-refractivity contribution in [1.82, 2.24) is 10.2 Å². The largest absolute Gasteiger partial charge is 0.355 e. The highest BCUT2D eigenvalue weighted by Crippen LogP contribution is 2.27. The molecule has 0 fully saturated rings. The van der Waals surface area contributed by atoms with Crippen LogP contribution in [0.5, 0.6) is 0 Å². The van der Waals surface area contributed by atoms with Crippen LogP contribution in [0.15, 0.2) is 113 Å². The molecule has 0 saturated carbocycles. The van der Waals surface area contributed by atoms with E-state index in [-0.39, 0.29) is 23.8 Å². The smallest absolute Gasteiger partial charge is 0.264 e. The Kier molecular flexibility index (Phi) is 11.3. The number of carbonyl (C=O) groups excluding carboxylic acids is 2. The van der Waals surface area contributed by atoms with Gasteiger partial charge >= 0.3 is 0 Å². The van der Waals surface area contributed by atoms with E-state index in [9.17, 15) is 18.0 Å². The first-order valence-electron chi connectivity index (χ1n) is 14.5. The van der Waals surface area contributed by atoms with E-state index in [1.54, 1.807) is 36.4 Å². The van der Waals surface area contributed by atoms with Gasteiger partial charge in [0.05, 0.1) is 10.6 Å². The quantitative estimate of drug-likeness (QED) is 0.184. The van der Waals surface area contributed by atoms with Crippen LogP contribution in [-0.4, -0.2) is 50.5 Å². The van der Waals surface area contributed by atoms with Gasteiger partial charge in [-0.1, -0.05) is 77.9 Å². The van der Waals surface area contributed by atoms with Crippen LogP contribution in [0.1, 0.15) is 29.2 Å². The van der Waals surface area contributed by atoms with Crippen LogP contribution in [0, 0.1) is 13.8 Å². The normalized spacial score (nSPS) is 11.9. The van der Waals surface area contributed by atoms with Crippen molar-refractivity contribution in [3.8, 4) is 0 Å². The van der Waals surface area contributed by atoms with Gasteiger partial charge in [-0.2, -0.15) is 0 Å². The third-order valence-corrected chi connectivity index (χ3v) is 9.84. The fourth-order valence-electron chi connectivity index (χ4n) is 4.97. The number of anilines is 1. The first-order valence-corrected chi connectivity index (χ1v) is 17.2. The number of nitrogens with zero attached hydrogens (tertiary/aromatic N) is 2. The molecule has 0 bridgehead atoms. The fraction of sp³-hybridized carbons (Fsp3) is 0.257. The van der Waals surface area contributed by atoms with Gasteiger partial charge in [0, 0.05) is 24.4 Å². The molecular formula is C35H39N3O4S2. The van der Waals surface area contributed by atoms with Crippen LogP contribution < -0.4 is 9.62 Å². The highest BCUT2D eigenvalue weighted by molar-refractivity contribution is 7.98. The van der Waals surface area contributed by atoms with Crippen molar-refractivity contribution in [1.29, 1.82) is 0 Å². The van der Waals surface area contributed by atoms with Crippen LogP contribution >= 0.6 is 11.8 Å². The van der Waals surface area contributed by atoms with E-state index in [0.717, 1.165) is 31.5 Å². The molecule has 4 rings (SSSR count). The van der Waals surface area contributed by atoms with Crippen molar-refractivity contribution >= 4 is 39.3 Å². The van der Waals surface area contributed by atoms with Gasteiger partial charge in [-0.15, -0.1) is 11.8 Å². The van der Waals surface area contributed by atoms with Crippen molar-refractivity contribution in [2.75, 3.05) is 23.7 Å². The molecule has 0 heterocycles. The first-order chi connectivity index (χ1) is 21.1. The fourth-order valence-corrected chi connectivity index (χ4v) is 6.79. The molecular weight excluding hydrogens is 591 g/mol. The molecule has 0 spiro atoms. The molecule has 0 radical (unpaired) electrons. The van der Waals surface area contributed by atoms with Crippen molar-refractivity contribution in [2.24, 2.45) is 0 Å². The van der Waals surface area contributed by atoms with Crippen LogP contribution in [-0.2, 0) is 32.6 Å². The van der Waals surface area contributed by atoms with Crippen LogP contribution in [0.25, 0.3) is 0 Å². The summed E-state index contributed by atoms with van der Waals surface area (Å²) in [4.78, 5) is 30.5. The lowest BCUT2D eigenvalue weighted by Gasteiger charge is -2.34. The van der Waals surface area contributed by atoms with E-state index in [2.05, 4.69) is 5.32 Å². The molecule has 0 aliphatic heterocycles. The number of rotatable bonds is 13. The Morgan fingerprint density at radius 1 is 0.818 bits per heavy atom. The molecule has 1 N–H and O–H groups in total. The Bertz CT molecular complexity index is 1660. The van der Waals surface area contributed by atoms with Gasteiger partial charge in [0.25, 0.3) is 10.0 Å². The van der Waals surface area contributed by atoms with Gasteiger partial charge in [-0.3, -0.25) is 13.9 Å². The van der Waals surface area contributed by atoms with Crippen molar-refractivity contribution < 1.29 is 18.0 Å². The maximum Gasteiger partial charge on any atom is 0.264 e. The van der Waals surface area contributed by atoms with Gasteiger partial charge in [0.2, 0.25) is 11.8 Å². The average Bonchev–Trinajstić information content (AvgIpc) is 3.02. The van der Waals surface area contributed by atoms with Gasteiger partial charge in [-0.25, -0.2) is 8.42 Å². The second-order valence-corrected chi connectivity index (χ2v) is 13.4. The summed E-state index contributed by atoms with van der Waals surface area (Å²) in [6.45, 7) is 5.77. The Balaban J connectivity index is 1.79. The molecule has 0 saturated heterocycles. The molecule has 4 aromatic rings. The Hall–Kier alpha value is -4.08. The Morgan fingerprint density at radius 2 is 1.48 bits per heavy atom. The summed E-state index contributed by atoms with van der Waals surface area (Å²) in [5.74, 6) is -0.779. The molecule has 0 aliphatic carbocycles. The number of benzene rings is 4. The third-order valence-electron chi connectivity index (χ3n) is 7.31. The zero-order valence-electron chi connectivity index (χ0n) is 25.6. The van der Waals surface area contributed by atoms with Crippen LogP contribution in [0.2, 0.25) is 0 Å². The second-order valence-electron chi connectivity index (χ2n) is 10.6.